The predicted octanol–water partition coefficient (Wildman–Crippen LogP) is 2.52. The molecule has 10 nitrogen and oxygen atoms in total. The Balaban J connectivity index is 1.76. The Labute approximate surface area is 166 Å². The molecule has 0 unspecified atom stereocenters. The monoisotopic (exact) mass is 401 g/mol. The van der Waals surface area contributed by atoms with Gasteiger partial charge < -0.3 is 14.8 Å². The number of rotatable bonds is 8. The molecular weight excluding hydrogens is 381 g/mol. The minimum absolute atomic E-state index is 0.149. The number of halogens is 1. The standard InChI is InChI=1S/C18H20FN7O3/c1-4-28-15(27)10-26-24-17(23-25-26)14-9-20-11-21-16(14)22-12-5-7-13(8-6-12)29-18(2,3)19/h5-9,11H,4,10H2,1-3H3,(H,20,21,22). The largest absolute Gasteiger partial charge is 0.465 e. The molecule has 0 bridgehead atoms. The fourth-order valence-electron chi connectivity index (χ4n) is 2.36. The zero-order valence-electron chi connectivity index (χ0n) is 16.2. The number of nitrogens with zero attached hydrogens (tertiary/aromatic N) is 6. The molecule has 0 fully saturated rings. The van der Waals surface area contributed by atoms with Crippen molar-refractivity contribution in [2.75, 3.05) is 11.9 Å². The van der Waals surface area contributed by atoms with Crippen LogP contribution in [-0.4, -0.2) is 48.6 Å². The van der Waals surface area contributed by atoms with Crippen LogP contribution in [0, 0.1) is 0 Å². The second-order valence-electron chi connectivity index (χ2n) is 6.35. The van der Waals surface area contributed by atoms with Gasteiger partial charge in [0.2, 0.25) is 11.7 Å². The molecule has 1 N–H and O–H groups in total. The maximum atomic E-state index is 13.6. The molecule has 2 heterocycles. The number of alkyl halides is 1. The molecule has 0 amide bonds. The Morgan fingerprint density at radius 2 is 2.03 bits per heavy atom. The van der Waals surface area contributed by atoms with Gasteiger partial charge in [0.25, 0.3) is 0 Å². The number of hydrogen-bond acceptors (Lipinski definition) is 9. The van der Waals surface area contributed by atoms with Crippen molar-refractivity contribution in [2.24, 2.45) is 0 Å². The third-order valence-electron chi connectivity index (χ3n) is 3.46. The van der Waals surface area contributed by atoms with Gasteiger partial charge in [-0.25, -0.2) is 14.8 Å². The van der Waals surface area contributed by atoms with Crippen molar-refractivity contribution >= 4 is 17.5 Å². The van der Waals surface area contributed by atoms with Crippen LogP contribution in [-0.2, 0) is 16.1 Å². The van der Waals surface area contributed by atoms with Crippen LogP contribution < -0.4 is 10.1 Å². The third kappa shape index (κ3) is 5.67. The minimum Gasteiger partial charge on any atom is -0.465 e. The molecule has 0 radical (unpaired) electrons. The molecule has 0 atom stereocenters. The van der Waals surface area contributed by atoms with Crippen LogP contribution in [0.5, 0.6) is 5.75 Å². The van der Waals surface area contributed by atoms with E-state index in [4.69, 9.17) is 9.47 Å². The van der Waals surface area contributed by atoms with E-state index < -0.39 is 11.8 Å². The van der Waals surface area contributed by atoms with Crippen LogP contribution in [0.15, 0.2) is 36.8 Å². The van der Waals surface area contributed by atoms with Crippen molar-refractivity contribution < 1.29 is 18.7 Å². The third-order valence-corrected chi connectivity index (χ3v) is 3.46. The number of tetrazole rings is 1. The smallest absolute Gasteiger partial charge is 0.329 e. The summed E-state index contributed by atoms with van der Waals surface area (Å²) >= 11 is 0. The van der Waals surface area contributed by atoms with Crippen molar-refractivity contribution in [1.82, 2.24) is 30.2 Å². The van der Waals surface area contributed by atoms with Gasteiger partial charge in [0.15, 0.2) is 6.54 Å². The summed E-state index contributed by atoms with van der Waals surface area (Å²) < 4.78 is 23.6. The number of aromatic nitrogens is 6. The maximum Gasteiger partial charge on any atom is 0.329 e. The Hall–Kier alpha value is -3.63. The van der Waals surface area contributed by atoms with Crippen molar-refractivity contribution in [3.8, 4) is 17.1 Å². The average molecular weight is 401 g/mol. The van der Waals surface area contributed by atoms with E-state index in [-0.39, 0.29) is 19.0 Å². The number of carbonyl (C=O) groups is 1. The van der Waals surface area contributed by atoms with Crippen LogP contribution >= 0.6 is 0 Å². The zero-order valence-corrected chi connectivity index (χ0v) is 16.2. The quantitative estimate of drug-likeness (QED) is 0.568. The molecular formula is C18H20FN7O3. The lowest BCUT2D eigenvalue weighted by atomic mass is 10.2. The van der Waals surface area contributed by atoms with E-state index in [1.54, 1.807) is 31.2 Å². The van der Waals surface area contributed by atoms with Crippen molar-refractivity contribution in [3.05, 3.63) is 36.8 Å². The summed E-state index contributed by atoms with van der Waals surface area (Å²) in [6, 6.07) is 6.72. The Kier molecular flexibility index (Phi) is 5.96. The maximum absolute atomic E-state index is 13.6. The van der Waals surface area contributed by atoms with Gasteiger partial charge in [-0.15, -0.1) is 10.2 Å². The first kappa shape index (κ1) is 20.1. The molecule has 152 valence electrons. The van der Waals surface area contributed by atoms with Gasteiger partial charge in [-0.3, -0.25) is 0 Å². The lowest BCUT2D eigenvalue weighted by molar-refractivity contribution is -0.144. The van der Waals surface area contributed by atoms with Gasteiger partial charge in [0.1, 0.15) is 17.9 Å². The second kappa shape index (κ2) is 8.59. The first-order valence-corrected chi connectivity index (χ1v) is 8.83. The SMILES string of the molecule is CCOC(=O)Cn1nnc(-c2cncnc2Nc2ccc(OC(C)(C)F)cc2)n1. The van der Waals surface area contributed by atoms with Crippen molar-refractivity contribution in [2.45, 2.75) is 33.2 Å². The van der Waals surface area contributed by atoms with Crippen LogP contribution in [0.3, 0.4) is 0 Å². The average Bonchev–Trinajstić information content (AvgIpc) is 3.11. The zero-order chi connectivity index (χ0) is 20.9. The summed E-state index contributed by atoms with van der Waals surface area (Å²) in [5.41, 5.74) is 1.18. The van der Waals surface area contributed by atoms with E-state index in [0.29, 0.717) is 22.8 Å². The predicted molar refractivity (Wildman–Crippen MR) is 101 cm³/mol. The van der Waals surface area contributed by atoms with Gasteiger partial charge in [0.05, 0.1) is 12.2 Å². The van der Waals surface area contributed by atoms with Crippen LogP contribution in [0.2, 0.25) is 0 Å². The highest BCUT2D eigenvalue weighted by atomic mass is 19.2. The van der Waals surface area contributed by atoms with E-state index in [1.165, 1.54) is 26.4 Å². The fourth-order valence-corrected chi connectivity index (χ4v) is 2.36. The highest BCUT2D eigenvalue weighted by molar-refractivity contribution is 5.73. The topological polar surface area (TPSA) is 117 Å². The highest BCUT2D eigenvalue weighted by Gasteiger charge is 2.17. The summed E-state index contributed by atoms with van der Waals surface area (Å²) in [7, 11) is 0. The van der Waals surface area contributed by atoms with E-state index in [1.807, 2.05) is 0 Å². The highest BCUT2D eigenvalue weighted by Crippen LogP contribution is 2.26. The molecule has 0 saturated heterocycles. The molecule has 0 spiro atoms. The first-order chi connectivity index (χ1) is 13.8. The number of esters is 1. The van der Waals surface area contributed by atoms with Crippen LogP contribution in [0.1, 0.15) is 20.8 Å². The van der Waals surface area contributed by atoms with Gasteiger partial charge in [0, 0.05) is 25.7 Å². The number of hydrogen-bond donors (Lipinski definition) is 1. The molecule has 1 aromatic carbocycles. The molecule has 2 aromatic heterocycles. The van der Waals surface area contributed by atoms with E-state index in [9.17, 15) is 9.18 Å². The second-order valence-corrected chi connectivity index (χ2v) is 6.35. The van der Waals surface area contributed by atoms with Crippen molar-refractivity contribution in [1.29, 1.82) is 0 Å². The van der Waals surface area contributed by atoms with E-state index in [2.05, 4.69) is 30.7 Å². The van der Waals surface area contributed by atoms with E-state index >= 15 is 0 Å². The van der Waals surface area contributed by atoms with Crippen LogP contribution in [0.4, 0.5) is 15.9 Å². The number of benzene rings is 1. The number of carbonyl (C=O) groups excluding carboxylic acids is 1. The molecule has 0 aliphatic rings. The van der Waals surface area contributed by atoms with Gasteiger partial charge >= 0.3 is 5.97 Å². The lowest BCUT2D eigenvalue weighted by Gasteiger charge is -2.17. The van der Waals surface area contributed by atoms with Gasteiger partial charge in [-0.2, -0.15) is 9.19 Å². The van der Waals surface area contributed by atoms with Crippen molar-refractivity contribution in [3.63, 3.8) is 0 Å². The van der Waals surface area contributed by atoms with Crippen LogP contribution in [0.25, 0.3) is 11.4 Å². The normalized spacial score (nSPS) is 11.2. The molecule has 0 saturated carbocycles. The summed E-state index contributed by atoms with van der Waals surface area (Å²) in [5, 5.41) is 15.1. The first-order valence-electron chi connectivity index (χ1n) is 8.83. The molecule has 3 aromatic rings. The number of ether oxygens (including phenoxy) is 2. The summed E-state index contributed by atoms with van der Waals surface area (Å²) in [4.78, 5) is 20.9. The van der Waals surface area contributed by atoms with Gasteiger partial charge in [-0.1, -0.05) is 0 Å². The van der Waals surface area contributed by atoms with E-state index in [0.717, 1.165) is 4.80 Å². The Bertz CT molecular complexity index is 970. The Morgan fingerprint density at radius 3 is 2.72 bits per heavy atom. The fraction of sp³-hybridized carbons (Fsp3) is 0.333. The molecule has 29 heavy (non-hydrogen) atoms. The van der Waals surface area contributed by atoms with Gasteiger partial charge in [-0.05, 0) is 36.4 Å². The number of anilines is 2. The molecule has 0 aliphatic carbocycles. The minimum atomic E-state index is -1.77. The summed E-state index contributed by atoms with van der Waals surface area (Å²) in [6.45, 7) is 4.49. The molecule has 11 heteroatoms. The summed E-state index contributed by atoms with van der Waals surface area (Å²) in [5.74, 6) is -1.14. The number of nitrogens with one attached hydrogen (secondary N) is 1. The Morgan fingerprint density at radius 1 is 1.28 bits per heavy atom. The summed E-state index contributed by atoms with van der Waals surface area (Å²) in [6.07, 6.45) is 2.90. The molecule has 0 aliphatic heterocycles. The molecule has 3 rings (SSSR count). The lowest BCUT2D eigenvalue weighted by Crippen LogP contribution is -2.20.